The minimum Gasteiger partial charge on any atom is -0.396 e. The largest absolute Gasteiger partial charge is 0.396 e. The Morgan fingerprint density at radius 1 is 1.47 bits per heavy atom. The lowest BCUT2D eigenvalue weighted by molar-refractivity contribution is 0.289. The second kappa shape index (κ2) is 7.69. The van der Waals surface area contributed by atoms with Crippen molar-refractivity contribution >= 4 is 11.8 Å². The van der Waals surface area contributed by atoms with Gasteiger partial charge in [0.2, 0.25) is 0 Å². The van der Waals surface area contributed by atoms with Crippen LogP contribution in [0.5, 0.6) is 0 Å². The van der Waals surface area contributed by atoms with Gasteiger partial charge in [-0.05, 0) is 26.0 Å². The van der Waals surface area contributed by atoms with Gasteiger partial charge in [0.1, 0.15) is 5.03 Å². The summed E-state index contributed by atoms with van der Waals surface area (Å²) >= 11 is 1.74. The molecule has 0 aliphatic heterocycles. The van der Waals surface area contributed by atoms with Crippen molar-refractivity contribution < 1.29 is 5.11 Å². The first-order valence-corrected chi connectivity index (χ1v) is 7.02. The van der Waals surface area contributed by atoms with Crippen molar-refractivity contribution in [1.82, 2.24) is 10.3 Å². The summed E-state index contributed by atoms with van der Waals surface area (Å²) in [6.07, 6.45) is 2.63. The van der Waals surface area contributed by atoms with Crippen LogP contribution in [0.3, 0.4) is 0 Å². The highest BCUT2D eigenvalue weighted by atomic mass is 32.2. The highest BCUT2D eigenvalue weighted by molar-refractivity contribution is 7.99. The first-order chi connectivity index (χ1) is 8.19. The number of rotatable bonds is 7. The maximum Gasteiger partial charge on any atom is 0.101 e. The third-order valence-corrected chi connectivity index (χ3v) is 3.83. The standard InChI is InChI=1S/C13H22N2OS/c1-4-14-11(3)12-6-5-8-15-13(12)17-10(2)7-9-16/h5-6,8,10-11,14,16H,4,7,9H2,1-3H3. The van der Waals surface area contributed by atoms with Gasteiger partial charge < -0.3 is 10.4 Å². The van der Waals surface area contributed by atoms with Crippen LogP contribution in [0.25, 0.3) is 0 Å². The van der Waals surface area contributed by atoms with Crippen molar-refractivity contribution in [3.8, 4) is 0 Å². The van der Waals surface area contributed by atoms with E-state index in [1.54, 1.807) is 11.8 Å². The molecule has 1 aromatic heterocycles. The second-order valence-corrected chi connectivity index (χ2v) is 5.55. The van der Waals surface area contributed by atoms with Crippen molar-refractivity contribution in [2.24, 2.45) is 0 Å². The predicted molar refractivity (Wildman–Crippen MR) is 73.4 cm³/mol. The van der Waals surface area contributed by atoms with E-state index in [0.717, 1.165) is 18.0 Å². The summed E-state index contributed by atoms with van der Waals surface area (Å²) < 4.78 is 0. The Kier molecular flexibility index (Phi) is 6.55. The van der Waals surface area contributed by atoms with Crippen LogP contribution in [0.4, 0.5) is 0 Å². The molecule has 0 amide bonds. The van der Waals surface area contributed by atoms with E-state index >= 15 is 0 Å². The molecule has 0 aromatic carbocycles. The molecule has 0 saturated heterocycles. The molecule has 1 aromatic rings. The number of aromatic nitrogens is 1. The third-order valence-electron chi connectivity index (χ3n) is 2.63. The molecule has 0 aliphatic rings. The Morgan fingerprint density at radius 2 is 2.24 bits per heavy atom. The summed E-state index contributed by atoms with van der Waals surface area (Å²) in [6.45, 7) is 7.57. The Bertz CT molecular complexity index is 333. The smallest absolute Gasteiger partial charge is 0.101 e. The van der Waals surface area contributed by atoms with Gasteiger partial charge in [0.05, 0.1) is 0 Å². The lowest BCUT2D eigenvalue weighted by atomic mass is 10.1. The van der Waals surface area contributed by atoms with Crippen LogP contribution in [-0.4, -0.2) is 28.5 Å². The molecule has 96 valence electrons. The van der Waals surface area contributed by atoms with Gasteiger partial charge in [-0.3, -0.25) is 0 Å². The molecule has 1 heterocycles. The van der Waals surface area contributed by atoms with Crippen LogP contribution < -0.4 is 5.32 Å². The predicted octanol–water partition coefficient (Wildman–Crippen LogP) is 2.62. The highest BCUT2D eigenvalue weighted by Gasteiger charge is 2.13. The van der Waals surface area contributed by atoms with Crippen LogP contribution in [0.15, 0.2) is 23.4 Å². The molecule has 1 rings (SSSR count). The van der Waals surface area contributed by atoms with Crippen LogP contribution in [0.2, 0.25) is 0 Å². The van der Waals surface area contributed by atoms with E-state index in [1.165, 1.54) is 5.56 Å². The summed E-state index contributed by atoms with van der Waals surface area (Å²) in [6, 6.07) is 4.41. The zero-order chi connectivity index (χ0) is 12.7. The van der Waals surface area contributed by atoms with Gasteiger partial charge in [-0.1, -0.05) is 19.9 Å². The first-order valence-electron chi connectivity index (χ1n) is 6.14. The lowest BCUT2D eigenvalue weighted by Gasteiger charge is -2.17. The molecular weight excluding hydrogens is 232 g/mol. The molecule has 0 bridgehead atoms. The molecule has 4 heteroatoms. The normalized spacial score (nSPS) is 14.6. The van der Waals surface area contributed by atoms with Gasteiger partial charge in [0, 0.05) is 29.7 Å². The fourth-order valence-electron chi connectivity index (χ4n) is 1.68. The van der Waals surface area contributed by atoms with E-state index in [0.29, 0.717) is 11.3 Å². The number of hydrogen-bond acceptors (Lipinski definition) is 4. The summed E-state index contributed by atoms with van der Waals surface area (Å²) in [5.41, 5.74) is 1.24. The van der Waals surface area contributed by atoms with Crippen molar-refractivity contribution in [3.63, 3.8) is 0 Å². The number of hydrogen-bond donors (Lipinski definition) is 2. The topological polar surface area (TPSA) is 45.2 Å². The Morgan fingerprint density at radius 3 is 2.88 bits per heavy atom. The number of nitrogens with zero attached hydrogens (tertiary/aromatic N) is 1. The maximum absolute atomic E-state index is 8.93. The summed E-state index contributed by atoms with van der Waals surface area (Å²) in [7, 11) is 0. The molecule has 2 N–H and O–H groups in total. The molecular formula is C13H22N2OS. The Hall–Kier alpha value is -0.580. The number of thioether (sulfide) groups is 1. The molecule has 0 aliphatic carbocycles. The molecule has 0 fully saturated rings. The van der Waals surface area contributed by atoms with Gasteiger partial charge >= 0.3 is 0 Å². The first kappa shape index (κ1) is 14.5. The SMILES string of the molecule is CCNC(C)c1cccnc1SC(C)CCO. The van der Waals surface area contributed by atoms with E-state index in [1.807, 2.05) is 12.3 Å². The van der Waals surface area contributed by atoms with Crippen LogP contribution in [0, 0.1) is 0 Å². The van der Waals surface area contributed by atoms with Gasteiger partial charge in [-0.2, -0.15) is 0 Å². The Balaban J connectivity index is 2.76. The highest BCUT2D eigenvalue weighted by Crippen LogP contribution is 2.29. The van der Waals surface area contributed by atoms with Crippen molar-refractivity contribution in [1.29, 1.82) is 0 Å². The Labute approximate surface area is 108 Å². The molecule has 0 radical (unpaired) electrons. The molecule has 0 saturated carbocycles. The van der Waals surface area contributed by atoms with Crippen molar-refractivity contribution in [2.75, 3.05) is 13.2 Å². The summed E-state index contributed by atoms with van der Waals surface area (Å²) in [5, 5.41) is 13.8. The van der Waals surface area contributed by atoms with Crippen LogP contribution >= 0.6 is 11.8 Å². The quantitative estimate of drug-likeness (QED) is 0.734. The van der Waals surface area contributed by atoms with E-state index in [-0.39, 0.29) is 6.61 Å². The van der Waals surface area contributed by atoms with E-state index in [4.69, 9.17) is 5.11 Å². The van der Waals surface area contributed by atoms with Gasteiger partial charge in [0.15, 0.2) is 0 Å². The lowest BCUT2D eigenvalue weighted by Crippen LogP contribution is -2.19. The molecule has 3 nitrogen and oxygen atoms in total. The van der Waals surface area contributed by atoms with Crippen molar-refractivity contribution in [2.45, 2.75) is 43.5 Å². The minimum atomic E-state index is 0.235. The monoisotopic (exact) mass is 254 g/mol. The molecule has 17 heavy (non-hydrogen) atoms. The van der Waals surface area contributed by atoms with Gasteiger partial charge in [0.25, 0.3) is 0 Å². The van der Waals surface area contributed by atoms with Crippen molar-refractivity contribution in [3.05, 3.63) is 23.9 Å². The summed E-state index contributed by atoms with van der Waals surface area (Å²) in [5.74, 6) is 0. The second-order valence-electron chi connectivity index (χ2n) is 4.12. The number of nitrogens with one attached hydrogen (secondary N) is 1. The molecule has 0 spiro atoms. The van der Waals surface area contributed by atoms with E-state index < -0.39 is 0 Å². The maximum atomic E-state index is 8.93. The van der Waals surface area contributed by atoms with Crippen LogP contribution in [0.1, 0.15) is 38.8 Å². The average Bonchev–Trinajstić information content (AvgIpc) is 2.30. The third kappa shape index (κ3) is 4.66. The molecule has 2 atom stereocenters. The molecule has 2 unspecified atom stereocenters. The number of aliphatic hydroxyl groups is 1. The zero-order valence-corrected chi connectivity index (χ0v) is 11.6. The van der Waals surface area contributed by atoms with E-state index in [2.05, 4.69) is 37.1 Å². The van der Waals surface area contributed by atoms with E-state index in [9.17, 15) is 0 Å². The zero-order valence-electron chi connectivity index (χ0n) is 10.8. The number of aliphatic hydroxyl groups excluding tert-OH is 1. The minimum absolute atomic E-state index is 0.235. The van der Waals surface area contributed by atoms with Gasteiger partial charge in [-0.25, -0.2) is 4.98 Å². The average molecular weight is 254 g/mol. The van der Waals surface area contributed by atoms with Gasteiger partial charge in [-0.15, -0.1) is 11.8 Å². The summed E-state index contributed by atoms with van der Waals surface area (Å²) in [4.78, 5) is 4.45. The van der Waals surface area contributed by atoms with Crippen LogP contribution in [-0.2, 0) is 0 Å². The fraction of sp³-hybridized carbons (Fsp3) is 0.615. The fourth-order valence-corrected chi connectivity index (χ4v) is 2.79. The number of pyridine rings is 1.